The third-order valence-electron chi connectivity index (χ3n) is 4.18. The van der Waals surface area contributed by atoms with Crippen molar-refractivity contribution in [2.45, 2.75) is 58.0 Å². The van der Waals surface area contributed by atoms with Gasteiger partial charge in [0.25, 0.3) is 11.8 Å². The lowest BCUT2D eigenvalue weighted by Crippen LogP contribution is -2.46. The number of nitrogens with zero attached hydrogens (tertiary/aromatic N) is 1. The molecule has 0 saturated heterocycles. The van der Waals surface area contributed by atoms with Crippen LogP contribution in [0.5, 0.6) is 0 Å². The molecule has 1 aliphatic carbocycles. The van der Waals surface area contributed by atoms with Gasteiger partial charge in [0, 0.05) is 11.1 Å². The van der Waals surface area contributed by atoms with Crippen molar-refractivity contribution in [1.29, 1.82) is 0 Å². The highest BCUT2D eigenvalue weighted by atomic mass is 16.3. The van der Waals surface area contributed by atoms with Crippen LogP contribution in [-0.4, -0.2) is 34.0 Å². The SMILES string of the molecule is CC1=C(C)C(=O)N(CC2(O)CCCCCC2)C1=O. The minimum atomic E-state index is -0.882. The number of carbonyl (C=O) groups excluding carboxylic acids is 2. The zero-order valence-corrected chi connectivity index (χ0v) is 11.2. The topological polar surface area (TPSA) is 57.6 Å². The standard InChI is InChI=1S/C14H21NO3/c1-10-11(2)13(17)15(12(10)16)9-14(18)7-5-3-4-6-8-14/h18H,3-9H2,1-2H3. The first-order chi connectivity index (χ1) is 8.44. The Morgan fingerprint density at radius 3 is 1.89 bits per heavy atom. The van der Waals surface area contributed by atoms with Crippen LogP contribution in [0.2, 0.25) is 0 Å². The first-order valence-corrected chi connectivity index (χ1v) is 6.71. The van der Waals surface area contributed by atoms with Crippen LogP contribution in [0.25, 0.3) is 0 Å². The third kappa shape index (κ3) is 2.34. The summed E-state index contributed by atoms with van der Waals surface area (Å²) < 4.78 is 0. The molecule has 0 aromatic heterocycles. The van der Waals surface area contributed by atoms with Crippen LogP contribution in [0, 0.1) is 0 Å². The van der Waals surface area contributed by atoms with Crippen molar-refractivity contribution < 1.29 is 14.7 Å². The van der Waals surface area contributed by atoms with Crippen LogP contribution in [0.4, 0.5) is 0 Å². The summed E-state index contributed by atoms with van der Waals surface area (Å²) in [5.74, 6) is -0.481. The maximum absolute atomic E-state index is 12.0. The number of aliphatic hydroxyl groups is 1. The summed E-state index contributed by atoms with van der Waals surface area (Å²) in [7, 11) is 0. The predicted octanol–water partition coefficient (Wildman–Crippen LogP) is 1.78. The summed E-state index contributed by atoms with van der Waals surface area (Å²) >= 11 is 0. The largest absolute Gasteiger partial charge is 0.388 e. The maximum atomic E-state index is 12.0. The quantitative estimate of drug-likeness (QED) is 0.601. The van der Waals surface area contributed by atoms with Gasteiger partial charge in [-0.3, -0.25) is 14.5 Å². The monoisotopic (exact) mass is 251 g/mol. The molecule has 1 N–H and O–H groups in total. The molecule has 2 aliphatic rings. The van der Waals surface area contributed by atoms with Gasteiger partial charge in [-0.2, -0.15) is 0 Å². The summed E-state index contributed by atoms with van der Waals surface area (Å²) in [6.45, 7) is 3.50. The van der Waals surface area contributed by atoms with Crippen molar-refractivity contribution in [1.82, 2.24) is 4.90 Å². The van der Waals surface area contributed by atoms with E-state index in [0.717, 1.165) is 25.7 Å². The lowest BCUT2D eigenvalue weighted by atomic mass is 9.94. The lowest BCUT2D eigenvalue weighted by molar-refractivity contribution is -0.142. The number of carbonyl (C=O) groups is 2. The molecule has 0 unspecified atom stereocenters. The average molecular weight is 251 g/mol. The first kappa shape index (κ1) is 13.3. The second-order valence-electron chi connectivity index (χ2n) is 5.59. The Hall–Kier alpha value is -1.16. The molecular formula is C14H21NO3. The Morgan fingerprint density at radius 1 is 1.00 bits per heavy atom. The molecular weight excluding hydrogens is 230 g/mol. The third-order valence-corrected chi connectivity index (χ3v) is 4.18. The minimum absolute atomic E-state index is 0.152. The molecule has 0 aromatic carbocycles. The summed E-state index contributed by atoms with van der Waals surface area (Å²) in [5, 5.41) is 10.6. The van der Waals surface area contributed by atoms with Crippen LogP contribution in [0.1, 0.15) is 52.4 Å². The Morgan fingerprint density at radius 2 is 1.44 bits per heavy atom. The van der Waals surface area contributed by atoms with Crippen LogP contribution >= 0.6 is 0 Å². The number of amides is 2. The van der Waals surface area contributed by atoms with E-state index in [4.69, 9.17) is 0 Å². The van der Waals surface area contributed by atoms with Gasteiger partial charge >= 0.3 is 0 Å². The van der Waals surface area contributed by atoms with Crippen molar-refractivity contribution in [3.63, 3.8) is 0 Å². The zero-order chi connectivity index (χ0) is 13.3. The van der Waals surface area contributed by atoms with Crippen molar-refractivity contribution >= 4 is 11.8 Å². The van der Waals surface area contributed by atoms with E-state index in [9.17, 15) is 14.7 Å². The van der Waals surface area contributed by atoms with Crippen LogP contribution in [-0.2, 0) is 9.59 Å². The number of hydrogen-bond donors (Lipinski definition) is 1. The Kier molecular flexibility index (Phi) is 3.57. The fraction of sp³-hybridized carbons (Fsp3) is 0.714. The normalized spacial score (nSPS) is 24.7. The highest BCUT2D eigenvalue weighted by Gasteiger charge is 2.39. The minimum Gasteiger partial charge on any atom is -0.388 e. The fourth-order valence-electron chi connectivity index (χ4n) is 2.80. The molecule has 2 rings (SSSR count). The van der Waals surface area contributed by atoms with Gasteiger partial charge < -0.3 is 5.11 Å². The van der Waals surface area contributed by atoms with E-state index in [2.05, 4.69) is 0 Å². The highest BCUT2D eigenvalue weighted by molar-refractivity contribution is 6.18. The van der Waals surface area contributed by atoms with Gasteiger partial charge in [-0.15, -0.1) is 0 Å². The maximum Gasteiger partial charge on any atom is 0.256 e. The van der Waals surface area contributed by atoms with Gasteiger partial charge in [0.05, 0.1) is 12.1 Å². The summed E-state index contributed by atoms with van der Waals surface area (Å²) in [6, 6.07) is 0. The Balaban J connectivity index is 2.10. The molecule has 1 heterocycles. The highest BCUT2D eigenvalue weighted by Crippen LogP contribution is 2.30. The predicted molar refractivity (Wildman–Crippen MR) is 67.7 cm³/mol. The second-order valence-corrected chi connectivity index (χ2v) is 5.59. The van der Waals surface area contributed by atoms with E-state index in [-0.39, 0.29) is 18.4 Å². The van der Waals surface area contributed by atoms with Crippen molar-refractivity contribution in [2.75, 3.05) is 6.54 Å². The van der Waals surface area contributed by atoms with Crippen LogP contribution < -0.4 is 0 Å². The molecule has 0 spiro atoms. The van der Waals surface area contributed by atoms with Gasteiger partial charge in [0.1, 0.15) is 0 Å². The molecule has 2 amide bonds. The van der Waals surface area contributed by atoms with E-state index in [0.29, 0.717) is 24.0 Å². The Bertz CT molecular complexity index is 379. The van der Waals surface area contributed by atoms with Gasteiger partial charge in [-0.25, -0.2) is 0 Å². The molecule has 0 bridgehead atoms. The van der Waals surface area contributed by atoms with Crippen LogP contribution in [0.15, 0.2) is 11.1 Å². The van der Waals surface area contributed by atoms with E-state index in [1.807, 2.05) is 0 Å². The number of hydrogen-bond acceptors (Lipinski definition) is 3. The number of rotatable bonds is 2. The van der Waals surface area contributed by atoms with Crippen molar-refractivity contribution in [3.05, 3.63) is 11.1 Å². The molecule has 1 fully saturated rings. The second kappa shape index (κ2) is 4.84. The van der Waals surface area contributed by atoms with Crippen molar-refractivity contribution in [2.24, 2.45) is 0 Å². The molecule has 0 aromatic rings. The molecule has 0 atom stereocenters. The molecule has 4 heteroatoms. The molecule has 1 aliphatic heterocycles. The Labute approximate surface area is 108 Å². The number of β-amino-alcohol motifs (C(OH)–C–C–N with tert-alkyl or cyclic N) is 1. The van der Waals surface area contributed by atoms with Crippen molar-refractivity contribution in [3.8, 4) is 0 Å². The summed E-state index contributed by atoms with van der Waals surface area (Å²) in [6.07, 6.45) is 5.56. The van der Waals surface area contributed by atoms with Gasteiger partial charge in [-0.05, 0) is 26.7 Å². The van der Waals surface area contributed by atoms with Crippen LogP contribution in [0.3, 0.4) is 0 Å². The van der Waals surface area contributed by atoms with E-state index in [1.165, 1.54) is 4.90 Å². The van der Waals surface area contributed by atoms with E-state index in [1.54, 1.807) is 13.8 Å². The van der Waals surface area contributed by atoms with E-state index >= 15 is 0 Å². The average Bonchev–Trinajstić information content (AvgIpc) is 2.56. The molecule has 4 nitrogen and oxygen atoms in total. The van der Waals surface area contributed by atoms with E-state index < -0.39 is 5.60 Å². The smallest absolute Gasteiger partial charge is 0.256 e. The molecule has 1 saturated carbocycles. The van der Waals surface area contributed by atoms with Gasteiger partial charge in [-0.1, -0.05) is 25.7 Å². The lowest BCUT2D eigenvalue weighted by Gasteiger charge is -2.30. The zero-order valence-electron chi connectivity index (χ0n) is 11.2. The van der Waals surface area contributed by atoms with Gasteiger partial charge in [0.15, 0.2) is 0 Å². The number of imide groups is 1. The summed E-state index contributed by atoms with van der Waals surface area (Å²) in [4.78, 5) is 25.1. The molecule has 18 heavy (non-hydrogen) atoms. The molecule has 100 valence electrons. The first-order valence-electron chi connectivity index (χ1n) is 6.71. The fourth-order valence-corrected chi connectivity index (χ4v) is 2.80. The van der Waals surface area contributed by atoms with Gasteiger partial charge in [0.2, 0.25) is 0 Å². The molecule has 0 radical (unpaired) electrons. The summed E-state index contributed by atoms with van der Waals surface area (Å²) in [5.41, 5.74) is 0.140.